The molecular formula is C19H19N3O2. The summed E-state index contributed by atoms with van der Waals surface area (Å²) >= 11 is 0. The van der Waals surface area contributed by atoms with Crippen LogP contribution in [0, 0.1) is 0 Å². The predicted molar refractivity (Wildman–Crippen MR) is 92.7 cm³/mol. The monoisotopic (exact) mass is 321 g/mol. The first-order chi connectivity index (χ1) is 11.8. The lowest BCUT2D eigenvalue weighted by Crippen LogP contribution is -2.23. The van der Waals surface area contributed by atoms with Crippen LogP contribution in [-0.4, -0.2) is 23.0 Å². The van der Waals surface area contributed by atoms with Crippen LogP contribution in [0.5, 0.6) is 5.75 Å². The number of aryl methyl sites for hydroxylation is 1. The molecule has 0 spiro atoms. The first kappa shape index (κ1) is 15.9. The van der Waals surface area contributed by atoms with Gasteiger partial charge in [-0.15, -0.1) is 0 Å². The van der Waals surface area contributed by atoms with Crippen LogP contribution in [0.15, 0.2) is 54.9 Å². The minimum absolute atomic E-state index is 0.0140. The quantitative estimate of drug-likeness (QED) is 0.758. The first-order valence-electron chi connectivity index (χ1n) is 7.84. The van der Waals surface area contributed by atoms with Crippen LogP contribution >= 0.6 is 0 Å². The summed E-state index contributed by atoms with van der Waals surface area (Å²) in [5.41, 5.74) is 3.73. The number of carbonyl (C=O) groups is 1. The lowest BCUT2D eigenvalue weighted by atomic mass is 10.1. The third kappa shape index (κ3) is 3.87. The Balaban J connectivity index is 1.55. The average Bonchev–Trinajstić information content (AvgIpc) is 2.64. The van der Waals surface area contributed by atoms with Gasteiger partial charge in [-0.05, 0) is 35.7 Å². The molecule has 0 unspecified atom stereocenters. The highest BCUT2D eigenvalue weighted by Gasteiger charge is 2.06. The molecule has 0 fully saturated rings. The van der Waals surface area contributed by atoms with Crippen LogP contribution in [0.25, 0.3) is 11.0 Å². The number of hydrogen-bond acceptors (Lipinski definition) is 4. The van der Waals surface area contributed by atoms with Gasteiger partial charge >= 0.3 is 0 Å². The third-order valence-corrected chi connectivity index (χ3v) is 3.84. The van der Waals surface area contributed by atoms with Crippen LogP contribution in [0.4, 0.5) is 0 Å². The number of carbonyl (C=O) groups excluding carboxylic acids is 1. The van der Waals surface area contributed by atoms with Gasteiger partial charge in [-0.3, -0.25) is 14.8 Å². The van der Waals surface area contributed by atoms with Crippen molar-refractivity contribution in [3.8, 4) is 5.75 Å². The van der Waals surface area contributed by atoms with Gasteiger partial charge in [0.2, 0.25) is 5.91 Å². The van der Waals surface area contributed by atoms with Crippen molar-refractivity contribution < 1.29 is 9.53 Å². The molecule has 1 N–H and O–H groups in total. The standard InChI is InChI=1S/C19H19N3O2/c1-24-18-5-3-2-4-15(18)7-9-19(23)22-13-14-6-8-16-17(12-14)21-11-10-20-16/h2-6,8,10-12H,7,9,13H2,1H3,(H,22,23). The SMILES string of the molecule is COc1ccccc1CCC(=O)NCc1ccc2nccnc2c1. The third-order valence-electron chi connectivity index (χ3n) is 3.84. The molecule has 3 aromatic rings. The van der Waals surface area contributed by atoms with Crippen LogP contribution in [0.3, 0.4) is 0 Å². The van der Waals surface area contributed by atoms with Gasteiger partial charge in [-0.2, -0.15) is 0 Å². The molecule has 2 aromatic carbocycles. The van der Waals surface area contributed by atoms with Gasteiger partial charge in [-0.1, -0.05) is 24.3 Å². The predicted octanol–water partition coefficient (Wildman–Crippen LogP) is 2.89. The van der Waals surface area contributed by atoms with Crippen molar-refractivity contribution >= 4 is 16.9 Å². The van der Waals surface area contributed by atoms with E-state index < -0.39 is 0 Å². The molecule has 122 valence electrons. The largest absolute Gasteiger partial charge is 0.496 e. The number of ether oxygens (including phenoxy) is 1. The molecule has 0 aliphatic rings. The summed E-state index contributed by atoms with van der Waals surface area (Å²) in [5.74, 6) is 0.832. The lowest BCUT2D eigenvalue weighted by Gasteiger charge is -2.09. The molecule has 5 nitrogen and oxygen atoms in total. The summed E-state index contributed by atoms with van der Waals surface area (Å²) in [7, 11) is 1.64. The van der Waals surface area contributed by atoms with E-state index >= 15 is 0 Å². The summed E-state index contributed by atoms with van der Waals surface area (Å²) in [4.78, 5) is 20.6. The Hall–Kier alpha value is -2.95. The van der Waals surface area contributed by atoms with Crippen molar-refractivity contribution in [1.29, 1.82) is 0 Å². The van der Waals surface area contributed by atoms with Crippen LogP contribution in [0.2, 0.25) is 0 Å². The van der Waals surface area contributed by atoms with Crippen molar-refractivity contribution in [3.05, 3.63) is 66.0 Å². The minimum Gasteiger partial charge on any atom is -0.496 e. The van der Waals surface area contributed by atoms with Gasteiger partial charge in [-0.25, -0.2) is 0 Å². The van der Waals surface area contributed by atoms with Crippen molar-refractivity contribution in [2.24, 2.45) is 0 Å². The first-order valence-corrected chi connectivity index (χ1v) is 7.84. The van der Waals surface area contributed by atoms with E-state index in [1.54, 1.807) is 19.5 Å². The number of hydrogen-bond donors (Lipinski definition) is 1. The highest BCUT2D eigenvalue weighted by atomic mass is 16.5. The molecule has 0 aliphatic carbocycles. The molecular weight excluding hydrogens is 302 g/mol. The van der Waals surface area contributed by atoms with Gasteiger partial charge in [0.1, 0.15) is 5.75 Å². The Labute approximate surface area is 140 Å². The second-order valence-electron chi connectivity index (χ2n) is 5.47. The molecule has 3 rings (SSSR count). The molecule has 0 saturated heterocycles. The normalized spacial score (nSPS) is 10.5. The van der Waals surface area contributed by atoms with E-state index in [4.69, 9.17) is 4.74 Å². The average molecular weight is 321 g/mol. The molecule has 0 aliphatic heterocycles. The molecule has 1 amide bonds. The summed E-state index contributed by atoms with van der Waals surface area (Å²) < 4.78 is 5.30. The van der Waals surface area contributed by atoms with Crippen LogP contribution in [0.1, 0.15) is 17.5 Å². The molecule has 1 heterocycles. The number of methoxy groups -OCH3 is 1. The second kappa shape index (κ2) is 7.55. The molecule has 0 bridgehead atoms. The van der Waals surface area contributed by atoms with Gasteiger partial charge < -0.3 is 10.1 Å². The number of nitrogens with zero attached hydrogens (tertiary/aromatic N) is 2. The second-order valence-corrected chi connectivity index (χ2v) is 5.47. The van der Waals surface area contributed by atoms with Gasteiger partial charge in [0.05, 0.1) is 18.1 Å². The summed E-state index contributed by atoms with van der Waals surface area (Å²) in [6, 6.07) is 13.6. The van der Waals surface area contributed by atoms with Gasteiger partial charge in [0, 0.05) is 25.4 Å². The smallest absolute Gasteiger partial charge is 0.220 e. The molecule has 0 atom stereocenters. The van der Waals surface area contributed by atoms with E-state index in [9.17, 15) is 4.79 Å². The maximum Gasteiger partial charge on any atom is 0.220 e. The van der Waals surface area contributed by atoms with Crippen molar-refractivity contribution in [2.75, 3.05) is 7.11 Å². The zero-order valence-electron chi connectivity index (χ0n) is 13.5. The molecule has 0 radical (unpaired) electrons. The van der Waals surface area contributed by atoms with Crippen LogP contribution < -0.4 is 10.1 Å². The van der Waals surface area contributed by atoms with Crippen molar-refractivity contribution in [1.82, 2.24) is 15.3 Å². The highest BCUT2D eigenvalue weighted by Crippen LogP contribution is 2.18. The number of para-hydroxylation sites is 1. The number of rotatable bonds is 6. The fourth-order valence-corrected chi connectivity index (χ4v) is 2.57. The Morgan fingerprint density at radius 3 is 2.71 bits per heavy atom. The van der Waals surface area contributed by atoms with Crippen LogP contribution in [-0.2, 0) is 17.8 Å². The number of aromatic nitrogens is 2. The Kier molecular flexibility index (Phi) is 5.01. The van der Waals surface area contributed by atoms with E-state index in [2.05, 4.69) is 15.3 Å². The maximum atomic E-state index is 12.1. The van der Waals surface area contributed by atoms with Crippen molar-refractivity contribution in [2.45, 2.75) is 19.4 Å². The molecule has 5 heteroatoms. The number of fused-ring (bicyclic) bond motifs is 1. The summed E-state index contributed by atoms with van der Waals surface area (Å²) in [6.07, 6.45) is 4.41. The zero-order valence-corrected chi connectivity index (χ0v) is 13.5. The number of amides is 1. The summed E-state index contributed by atoms with van der Waals surface area (Å²) in [6.45, 7) is 0.483. The fourth-order valence-electron chi connectivity index (χ4n) is 2.57. The molecule has 24 heavy (non-hydrogen) atoms. The Bertz CT molecular complexity index is 849. The molecule has 0 saturated carbocycles. The van der Waals surface area contributed by atoms with Crippen molar-refractivity contribution in [3.63, 3.8) is 0 Å². The van der Waals surface area contributed by atoms with E-state index in [1.165, 1.54) is 0 Å². The zero-order chi connectivity index (χ0) is 16.8. The lowest BCUT2D eigenvalue weighted by molar-refractivity contribution is -0.121. The number of nitrogens with one attached hydrogen (secondary N) is 1. The Morgan fingerprint density at radius 2 is 1.88 bits per heavy atom. The van der Waals surface area contributed by atoms with E-state index in [-0.39, 0.29) is 5.91 Å². The fraction of sp³-hybridized carbons (Fsp3) is 0.211. The number of benzene rings is 2. The van der Waals surface area contributed by atoms with E-state index in [1.807, 2.05) is 42.5 Å². The maximum absolute atomic E-state index is 12.1. The van der Waals surface area contributed by atoms with Gasteiger partial charge in [0.15, 0.2) is 0 Å². The van der Waals surface area contributed by atoms with E-state index in [0.717, 1.165) is 27.9 Å². The Morgan fingerprint density at radius 1 is 1.08 bits per heavy atom. The minimum atomic E-state index is 0.0140. The van der Waals surface area contributed by atoms with E-state index in [0.29, 0.717) is 19.4 Å². The highest BCUT2D eigenvalue weighted by molar-refractivity contribution is 5.77. The summed E-state index contributed by atoms with van der Waals surface area (Å²) in [5, 5.41) is 2.94. The topological polar surface area (TPSA) is 64.1 Å². The van der Waals surface area contributed by atoms with Gasteiger partial charge in [0.25, 0.3) is 0 Å². The molecule has 1 aromatic heterocycles.